The summed E-state index contributed by atoms with van der Waals surface area (Å²) in [5.41, 5.74) is 38.1. The molecule has 6 heterocycles. The van der Waals surface area contributed by atoms with Gasteiger partial charge in [-0.05, 0) is 299 Å². The van der Waals surface area contributed by atoms with Crippen molar-refractivity contribution in [2.45, 2.75) is 0 Å². The molecule has 0 radical (unpaired) electrons. The van der Waals surface area contributed by atoms with Gasteiger partial charge in [0.2, 0.25) is 0 Å². The predicted octanol–water partition coefficient (Wildman–Crippen LogP) is 37.2. The first kappa shape index (κ1) is 80.2. The minimum atomic E-state index is 1.13. The van der Waals surface area contributed by atoms with Crippen molar-refractivity contribution in [3.63, 3.8) is 0 Å². The highest BCUT2D eigenvalue weighted by Crippen LogP contribution is 2.48. The summed E-state index contributed by atoms with van der Waals surface area (Å²) >= 11 is 3.73. The van der Waals surface area contributed by atoms with E-state index in [9.17, 15) is 0 Å². The van der Waals surface area contributed by atoms with Crippen LogP contribution in [0.4, 0.5) is 0 Å². The Balaban J connectivity index is 0.000000139. The lowest BCUT2D eigenvalue weighted by molar-refractivity contribution is 1.18. The van der Waals surface area contributed by atoms with Gasteiger partial charge in [0.05, 0.1) is 44.1 Å². The van der Waals surface area contributed by atoms with Gasteiger partial charge in [0, 0.05) is 106 Å². The summed E-state index contributed by atoms with van der Waals surface area (Å²) in [7, 11) is 0. The molecule has 6 heteroatoms. The number of thiophene rings is 2. The number of hydrogen-bond donors (Lipinski definition) is 0. The lowest BCUT2D eigenvalue weighted by Gasteiger charge is -2.14. The zero-order valence-electron chi connectivity index (χ0n) is 75.1. The van der Waals surface area contributed by atoms with Crippen LogP contribution in [0.3, 0.4) is 0 Å². The van der Waals surface area contributed by atoms with Crippen LogP contribution in [-0.4, -0.2) is 18.3 Å². The van der Waals surface area contributed by atoms with Crippen molar-refractivity contribution < 1.29 is 0 Å². The van der Waals surface area contributed by atoms with Crippen LogP contribution in [-0.2, 0) is 0 Å². The molecule has 0 saturated carbocycles. The molecule has 0 unspecified atom stereocenters. The molecule has 0 N–H and O–H groups in total. The van der Waals surface area contributed by atoms with Gasteiger partial charge in [-0.15, -0.1) is 22.7 Å². The lowest BCUT2D eigenvalue weighted by Crippen LogP contribution is -1.95. The first-order chi connectivity index (χ1) is 68.4. The summed E-state index contributed by atoms with van der Waals surface area (Å²) in [6.45, 7) is 0. The molecule has 6 aromatic heterocycles. The number of nitrogens with zero attached hydrogens (tertiary/aromatic N) is 4. The average molecular weight is 1790 g/mol. The maximum Gasteiger partial charge on any atom is 0.0541 e. The van der Waals surface area contributed by atoms with Crippen molar-refractivity contribution in [2.24, 2.45) is 0 Å². The van der Waals surface area contributed by atoms with E-state index in [4.69, 9.17) is 0 Å². The average Bonchev–Trinajstić information content (AvgIpc) is 1.57. The number of para-hydroxylation sites is 2. The van der Waals surface area contributed by atoms with Crippen molar-refractivity contribution in [3.05, 3.63) is 510 Å². The highest BCUT2D eigenvalue weighted by Gasteiger charge is 2.24. The zero-order valence-corrected chi connectivity index (χ0v) is 76.7. The summed E-state index contributed by atoms with van der Waals surface area (Å²) in [6.07, 6.45) is 0. The third-order valence-electron chi connectivity index (χ3n) is 28.2. The fourth-order valence-electron chi connectivity index (χ4n) is 21.6. The highest BCUT2D eigenvalue weighted by atomic mass is 32.1. The van der Waals surface area contributed by atoms with Crippen LogP contribution < -0.4 is 0 Å². The second kappa shape index (κ2) is 33.3. The van der Waals surface area contributed by atoms with E-state index in [-0.39, 0.29) is 0 Å². The van der Waals surface area contributed by atoms with Gasteiger partial charge in [0.15, 0.2) is 0 Å². The first-order valence-electron chi connectivity index (χ1n) is 47.3. The molecular weight excluding hydrogens is 1710 g/mol. The van der Waals surface area contributed by atoms with Gasteiger partial charge in [0.25, 0.3) is 0 Å². The number of benzene rings is 22. The number of fused-ring (bicyclic) bond motifs is 18. The molecule has 0 spiro atoms. The summed E-state index contributed by atoms with van der Waals surface area (Å²) in [5, 5.41) is 15.1. The molecule has 138 heavy (non-hydrogen) atoms. The maximum absolute atomic E-state index is 2.46. The number of hydrogen-bond acceptors (Lipinski definition) is 2. The molecule has 28 aromatic rings. The normalized spacial score (nSPS) is 11.8. The van der Waals surface area contributed by atoms with Gasteiger partial charge in [0.1, 0.15) is 0 Å². The Morgan fingerprint density at radius 2 is 0.326 bits per heavy atom. The lowest BCUT2D eigenvalue weighted by atomic mass is 9.93. The van der Waals surface area contributed by atoms with Crippen molar-refractivity contribution in [1.29, 1.82) is 0 Å². The van der Waals surface area contributed by atoms with E-state index in [1.807, 2.05) is 22.7 Å². The van der Waals surface area contributed by atoms with Crippen LogP contribution in [0.25, 0.3) is 262 Å². The second-order valence-electron chi connectivity index (χ2n) is 36.2. The van der Waals surface area contributed by atoms with Gasteiger partial charge in [-0.1, -0.05) is 322 Å². The molecule has 0 bridgehead atoms. The molecule has 0 atom stereocenters. The Hall–Kier alpha value is -17.5. The summed E-state index contributed by atoms with van der Waals surface area (Å²) < 4.78 is 15.0. The fraction of sp³-hybridized carbons (Fsp3) is 0. The first-order valence-corrected chi connectivity index (χ1v) is 48.9. The second-order valence-corrected chi connectivity index (χ2v) is 38.4. The number of rotatable bonds is 14. The molecule has 28 rings (SSSR count). The van der Waals surface area contributed by atoms with Crippen LogP contribution in [0.5, 0.6) is 0 Å². The molecule has 0 amide bonds. The molecule has 0 aliphatic carbocycles. The smallest absolute Gasteiger partial charge is 0.0541 e. The summed E-state index contributed by atoms with van der Waals surface area (Å²) in [5.74, 6) is 0. The molecular formula is C132H84N4S2. The van der Waals surface area contributed by atoms with Crippen molar-refractivity contribution in [3.8, 4) is 134 Å². The topological polar surface area (TPSA) is 19.7 Å². The number of aromatic nitrogens is 4. The molecule has 0 fully saturated rings. The van der Waals surface area contributed by atoms with E-state index < -0.39 is 0 Å². The van der Waals surface area contributed by atoms with E-state index >= 15 is 0 Å². The van der Waals surface area contributed by atoms with Gasteiger partial charge < -0.3 is 18.3 Å². The maximum atomic E-state index is 2.46. The molecule has 0 saturated heterocycles. The highest BCUT2D eigenvalue weighted by molar-refractivity contribution is 7.26. The van der Waals surface area contributed by atoms with Gasteiger partial charge in [-0.2, -0.15) is 0 Å². The van der Waals surface area contributed by atoms with Crippen LogP contribution >= 0.6 is 22.7 Å². The van der Waals surface area contributed by atoms with E-state index in [0.717, 1.165) is 11.4 Å². The molecule has 644 valence electrons. The van der Waals surface area contributed by atoms with Crippen molar-refractivity contribution in [2.75, 3.05) is 0 Å². The fourth-order valence-corrected chi connectivity index (χ4v) is 23.8. The van der Waals surface area contributed by atoms with Gasteiger partial charge in [-0.3, -0.25) is 0 Å². The van der Waals surface area contributed by atoms with Crippen LogP contribution in [0.15, 0.2) is 510 Å². The Kier molecular flexibility index (Phi) is 19.3. The third-order valence-corrected chi connectivity index (χ3v) is 30.5. The minimum Gasteiger partial charge on any atom is -0.309 e. The van der Waals surface area contributed by atoms with E-state index in [0.29, 0.717) is 0 Å². The van der Waals surface area contributed by atoms with E-state index in [1.54, 1.807) is 0 Å². The quantitative estimate of drug-likeness (QED) is 0.103. The molecule has 0 aliphatic rings. The summed E-state index contributed by atoms with van der Waals surface area (Å²) in [4.78, 5) is 0. The Morgan fingerprint density at radius 1 is 0.101 bits per heavy atom. The monoisotopic (exact) mass is 1790 g/mol. The Bertz CT molecular complexity index is 9570. The van der Waals surface area contributed by atoms with E-state index in [1.165, 1.54) is 250 Å². The van der Waals surface area contributed by atoms with Crippen LogP contribution in [0.1, 0.15) is 0 Å². The largest absolute Gasteiger partial charge is 0.309 e. The Labute approximate surface area is 805 Å². The van der Waals surface area contributed by atoms with Crippen molar-refractivity contribution in [1.82, 2.24) is 18.3 Å². The minimum absolute atomic E-state index is 1.13. The predicted molar refractivity (Wildman–Crippen MR) is 590 cm³/mol. The van der Waals surface area contributed by atoms with Crippen molar-refractivity contribution >= 4 is 150 Å². The van der Waals surface area contributed by atoms with E-state index in [2.05, 4.69) is 528 Å². The molecule has 22 aromatic carbocycles. The standard InChI is InChI=1S/2C66H42N2S/c1-4-15-43(16-5-1)47-27-32-63-59(39-47)60-41-49(29-34-64(60)68(63)54-30-31-57-56-24-11-13-26-65(56)69-66(57)42-54)48-28-33-62-58(40-48)55-23-10-12-25-61(55)67(62)53-22-14-21-46(38-53)52-36-50(44-17-6-2-7-18-44)35-51(37-52)45-19-8-3-9-20-45;1-4-15-43(16-5-1)47-27-31-63-58(39-47)59-41-49(29-33-64(59)68(63)54-30-34-66-60(42-54)56-24-11-13-26-65(56)69-66)48-28-32-62-57(40-48)55-23-10-12-25-61(55)67(62)53-22-14-21-46(38-53)52-36-50(44-17-6-2-7-18-44)35-51(37-52)45-19-8-3-9-20-45/h2*1-42H. The Morgan fingerprint density at radius 3 is 0.681 bits per heavy atom. The van der Waals surface area contributed by atoms with Crippen LogP contribution in [0, 0.1) is 0 Å². The van der Waals surface area contributed by atoms with Gasteiger partial charge >= 0.3 is 0 Å². The summed E-state index contributed by atoms with van der Waals surface area (Å²) in [6, 6.07) is 188. The molecule has 0 aliphatic heterocycles. The molecule has 4 nitrogen and oxygen atoms in total. The van der Waals surface area contributed by atoms with Crippen LogP contribution in [0.2, 0.25) is 0 Å². The third kappa shape index (κ3) is 13.9. The zero-order chi connectivity index (χ0) is 90.8. The SMILES string of the molecule is c1ccc(-c2cc(-c3ccccc3)cc(-c3cccc(-n4c5ccccc5c5cc(-c6ccc7c(c6)c6cc(-c8ccccc8)ccc6n7-c6ccc7c(c6)sc6ccccc67)ccc54)c3)c2)cc1.c1ccc(-c2cc(-c3ccccc3)cc(-c3cccc(-n4c5ccccc5c5cc(-c6ccc7c(c6)c6cc(-c8ccccc8)ccc6n7-c6ccc7sc8ccccc8c7c6)ccc54)c3)c2)cc1. The van der Waals surface area contributed by atoms with Gasteiger partial charge in [-0.25, -0.2) is 0 Å².